The van der Waals surface area contributed by atoms with Crippen molar-refractivity contribution in [2.45, 2.75) is 19.4 Å². The zero-order valence-corrected chi connectivity index (χ0v) is 8.44. The van der Waals surface area contributed by atoms with E-state index in [1.54, 1.807) is 7.11 Å². The monoisotopic (exact) mass is 189 g/mol. The fraction of sp³-hybridized carbons (Fsp3) is 0.571. The fourth-order valence-corrected chi connectivity index (χ4v) is 1.67. The predicted molar refractivity (Wildman–Crippen MR) is 49.5 cm³/mol. The lowest BCUT2D eigenvalue weighted by molar-refractivity contribution is 0.0159. The Bertz CT molecular complexity index is 287. The minimum Gasteiger partial charge on any atom is -0.373 e. The molecule has 4 heteroatoms. The summed E-state index contributed by atoms with van der Waals surface area (Å²) in [6, 6.07) is 0. The Morgan fingerprint density at radius 3 is 2.64 bits per heavy atom. The maximum Gasteiger partial charge on any atom is 0.158 e. The average molecular weight is 189 g/mol. The summed E-state index contributed by atoms with van der Waals surface area (Å²) in [7, 11) is 1.69. The molecule has 1 aromatic heterocycles. The zero-order valence-electron chi connectivity index (χ0n) is 6.80. The summed E-state index contributed by atoms with van der Waals surface area (Å²) in [5, 5.41) is 1.99. The summed E-state index contributed by atoms with van der Waals surface area (Å²) >= 11 is 6.48. The molecule has 0 aliphatic carbocycles. The second-order valence-corrected chi connectivity index (χ2v) is 4.32. The Kier molecular flexibility index (Phi) is 2.47. The number of methoxy groups -OCH3 is 1. The normalized spacial score (nSPS) is 11.9. The molecule has 0 atom stereocenters. The lowest BCUT2D eigenvalue weighted by Gasteiger charge is -2.20. The molecule has 0 aromatic carbocycles. The van der Waals surface area contributed by atoms with Gasteiger partial charge in [0.1, 0.15) is 5.60 Å². The number of rotatable bonds is 2. The standard InChI is InChI=1S/C7H11NOS2/c1-7(2,9-3)5-4-11-6(10)8-5/h4H,1-3H3,(H,8,10). The molecule has 0 aliphatic heterocycles. The van der Waals surface area contributed by atoms with Crippen LogP contribution in [-0.2, 0) is 10.3 Å². The Hall–Kier alpha value is -0.190. The van der Waals surface area contributed by atoms with Crippen molar-refractivity contribution in [3.8, 4) is 0 Å². The smallest absolute Gasteiger partial charge is 0.158 e. The van der Waals surface area contributed by atoms with Gasteiger partial charge in [0.2, 0.25) is 0 Å². The van der Waals surface area contributed by atoms with E-state index < -0.39 is 0 Å². The molecule has 11 heavy (non-hydrogen) atoms. The third-order valence-corrected chi connectivity index (χ3v) is 2.74. The van der Waals surface area contributed by atoms with Gasteiger partial charge >= 0.3 is 0 Å². The molecule has 2 nitrogen and oxygen atoms in total. The van der Waals surface area contributed by atoms with Gasteiger partial charge in [0, 0.05) is 12.5 Å². The zero-order chi connectivity index (χ0) is 8.48. The summed E-state index contributed by atoms with van der Waals surface area (Å²) < 4.78 is 6.06. The summed E-state index contributed by atoms with van der Waals surface area (Å²) in [5.74, 6) is 0. The summed E-state index contributed by atoms with van der Waals surface area (Å²) in [6.07, 6.45) is 0. The molecular weight excluding hydrogens is 178 g/mol. The van der Waals surface area contributed by atoms with Crippen LogP contribution in [0.15, 0.2) is 5.38 Å². The number of aromatic nitrogens is 1. The minimum absolute atomic E-state index is 0.256. The summed E-state index contributed by atoms with van der Waals surface area (Å²) in [6.45, 7) is 4.00. The molecule has 62 valence electrons. The van der Waals surface area contributed by atoms with Crippen LogP contribution in [-0.4, -0.2) is 12.1 Å². The number of aromatic amines is 1. The van der Waals surface area contributed by atoms with Crippen LogP contribution < -0.4 is 0 Å². The van der Waals surface area contributed by atoms with Crippen LogP contribution in [0.3, 0.4) is 0 Å². The lowest BCUT2D eigenvalue weighted by atomic mass is 10.1. The van der Waals surface area contributed by atoms with E-state index in [9.17, 15) is 0 Å². The number of H-pyrrole nitrogens is 1. The third kappa shape index (κ3) is 1.89. The van der Waals surface area contributed by atoms with Gasteiger partial charge in [-0.2, -0.15) is 0 Å². The number of ether oxygens (including phenoxy) is 1. The first-order valence-corrected chi connectivity index (χ1v) is 4.58. The second kappa shape index (κ2) is 3.05. The van der Waals surface area contributed by atoms with E-state index in [0.717, 1.165) is 9.65 Å². The number of hydrogen-bond acceptors (Lipinski definition) is 3. The van der Waals surface area contributed by atoms with E-state index >= 15 is 0 Å². The van der Waals surface area contributed by atoms with E-state index in [0.29, 0.717) is 0 Å². The Balaban J connectivity index is 3.01. The van der Waals surface area contributed by atoms with Gasteiger partial charge in [-0.15, -0.1) is 11.3 Å². The Morgan fingerprint density at radius 1 is 1.64 bits per heavy atom. The van der Waals surface area contributed by atoms with E-state index in [-0.39, 0.29) is 5.60 Å². The van der Waals surface area contributed by atoms with Crippen LogP contribution >= 0.6 is 23.6 Å². The van der Waals surface area contributed by atoms with E-state index in [1.807, 2.05) is 19.2 Å². The van der Waals surface area contributed by atoms with Crippen LogP contribution in [0.2, 0.25) is 0 Å². The van der Waals surface area contributed by atoms with Crippen molar-refractivity contribution in [3.63, 3.8) is 0 Å². The van der Waals surface area contributed by atoms with Crippen LogP contribution in [0.25, 0.3) is 0 Å². The lowest BCUT2D eigenvalue weighted by Crippen LogP contribution is -2.19. The van der Waals surface area contributed by atoms with Crippen molar-refractivity contribution in [1.29, 1.82) is 0 Å². The molecule has 1 rings (SSSR count). The minimum atomic E-state index is -0.256. The van der Waals surface area contributed by atoms with E-state index in [4.69, 9.17) is 17.0 Å². The molecule has 1 aromatic rings. The maximum atomic E-state index is 5.27. The largest absolute Gasteiger partial charge is 0.373 e. The fourth-order valence-electron chi connectivity index (χ4n) is 0.684. The highest BCUT2D eigenvalue weighted by Gasteiger charge is 2.20. The third-order valence-electron chi connectivity index (χ3n) is 1.68. The van der Waals surface area contributed by atoms with Crippen molar-refractivity contribution in [2.75, 3.05) is 7.11 Å². The highest BCUT2D eigenvalue weighted by molar-refractivity contribution is 7.73. The Morgan fingerprint density at radius 2 is 2.27 bits per heavy atom. The maximum absolute atomic E-state index is 5.27. The second-order valence-electron chi connectivity index (χ2n) is 2.78. The molecule has 0 bridgehead atoms. The molecule has 0 spiro atoms. The molecule has 1 heterocycles. The van der Waals surface area contributed by atoms with Gasteiger partial charge in [0.25, 0.3) is 0 Å². The molecule has 0 radical (unpaired) electrons. The van der Waals surface area contributed by atoms with Crippen molar-refractivity contribution in [2.24, 2.45) is 0 Å². The van der Waals surface area contributed by atoms with Crippen molar-refractivity contribution >= 4 is 23.6 Å². The highest BCUT2D eigenvalue weighted by Crippen LogP contribution is 2.23. The topological polar surface area (TPSA) is 25.0 Å². The Labute approximate surface area is 75.2 Å². The van der Waals surface area contributed by atoms with Crippen molar-refractivity contribution < 1.29 is 4.74 Å². The van der Waals surface area contributed by atoms with Gasteiger partial charge < -0.3 is 9.72 Å². The van der Waals surface area contributed by atoms with Crippen molar-refractivity contribution in [3.05, 3.63) is 15.0 Å². The van der Waals surface area contributed by atoms with Gasteiger partial charge in [-0.05, 0) is 26.1 Å². The van der Waals surface area contributed by atoms with Gasteiger partial charge in [0.15, 0.2) is 3.95 Å². The molecule has 1 N–H and O–H groups in total. The molecule has 0 aliphatic rings. The predicted octanol–water partition coefficient (Wildman–Crippen LogP) is 2.69. The molecule has 0 saturated carbocycles. The number of hydrogen-bond donors (Lipinski definition) is 1. The first-order chi connectivity index (χ1) is 5.06. The van der Waals surface area contributed by atoms with Crippen LogP contribution in [0.4, 0.5) is 0 Å². The van der Waals surface area contributed by atoms with Gasteiger partial charge in [-0.25, -0.2) is 0 Å². The first kappa shape index (κ1) is 8.90. The van der Waals surface area contributed by atoms with E-state index in [2.05, 4.69) is 4.98 Å². The molecule has 0 unspecified atom stereocenters. The highest BCUT2D eigenvalue weighted by atomic mass is 32.1. The molecular formula is C7H11NOS2. The first-order valence-electron chi connectivity index (χ1n) is 3.29. The number of nitrogens with one attached hydrogen (secondary N) is 1. The molecule has 0 amide bonds. The SMILES string of the molecule is COC(C)(C)c1csc(=S)[nH]1. The summed E-state index contributed by atoms with van der Waals surface area (Å²) in [5.41, 5.74) is 0.781. The summed E-state index contributed by atoms with van der Waals surface area (Å²) in [4.78, 5) is 3.08. The van der Waals surface area contributed by atoms with Crippen LogP contribution in [0, 0.1) is 3.95 Å². The van der Waals surface area contributed by atoms with Gasteiger partial charge in [-0.1, -0.05) is 0 Å². The van der Waals surface area contributed by atoms with Gasteiger partial charge in [-0.3, -0.25) is 0 Å². The molecule has 0 fully saturated rings. The van der Waals surface area contributed by atoms with Crippen LogP contribution in [0.1, 0.15) is 19.5 Å². The average Bonchev–Trinajstić information content (AvgIpc) is 2.36. The van der Waals surface area contributed by atoms with Gasteiger partial charge in [0.05, 0.1) is 5.69 Å². The van der Waals surface area contributed by atoms with Crippen LogP contribution in [0.5, 0.6) is 0 Å². The van der Waals surface area contributed by atoms with E-state index in [1.165, 1.54) is 11.3 Å². The molecule has 0 saturated heterocycles. The number of thiazole rings is 1. The quantitative estimate of drug-likeness (QED) is 0.724. The van der Waals surface area contributed by atoms with Crippen molar-refractivity contribution in [1.82, 2.24) is 4.98 Å².